The minimum absolute atomic E-state index is 0.0495. The molecule has 1 fully saturated rings. The van der Waals surface area contributed by atoms with Crippen LogP contribution >= 0.6 is 0 Å². The topological polar surface area (TPSA) is 78.9 Å². The predicted molar refractivity (Wildman–Crippen MR) is 97.5 cm³/mol. The van der Waals surface area contributed by atoms with Crippen molar-refractivity contribution in [1.82, 2.24) is 10.2 Å². The Balaban J connectivity index is 1.72. The van der Waals surface area contributed by atoms with Crippen LogP contribution in [0.15, 0.2) is 54.6 Å². The van der Waals surface area contributed by atoms with Gasteiger partial charge < -0.3 is 20.1 Å². The van der Waals surface area contributed by atoms with E-state index in [1.54, 1.807) is 29.2 Å². The van der Waals surface area contributed by atoms with Crippen LogP contribution < -0.4 is 10.1 Å². The van der Waals surface area contributed by atoms with Gasteiger partial charge in [-0.25, -0.2) is 0 Å². The maximum Gasteiger partial charge on any atom is 0.303 e. The van der Waals surface area contributed by atoms with E-state index in [-0.39, 0.29) is 18.2 Å². The highest BCUT2D eigenvalue weighted by atomic mass is 16.5. The average molecular weight is 354 g/mol. The summed E-state index contributed by atoms with van der Waals surface area (Å²) in [5.41, 5.74) is 0.536. The first-order valence-corrected chi connectivity index (χ1v) is 8.66. The number of nitrogens with zero attached hydrogens (tertiary/aromatic N) is 1. The van der Waals surface area contributed by atoms with Crippen LogP contribution in [0.4, 0.5) is 0 Å². The van der Waals surface area contributed by atoms with Gasteiger partial charge in [0.1, 0.15) is 11.5 Å². The number of para-hydroxylation sites is 1. The van der Waals surface area contributed by atoms with E-state index in [0.717, 1.165) is 0 Å². The number of hydrogen-bond acceptors (Lipinski definition) is 4. The van der Waals surface area contributed by atoms with Gasteiger partial charge in [-0.3, -0.25) is 9.59 Å². The zero-order valence-electron chi connectivity index (χ0n) is 14.4. The molecule has 1 aliphatic rings. The third-order valence-corrected chi connectivity index (χ3v) is 4.28. The molecule has 1 aliphatic heterocycles. The third kappa shape index (κ3) is 4.83. The van der Waals surface area contributed by atoms with Gasteiger partial charge in [0.25, 0.3) is 5.91 Å². The van der Waals surface area contributed by atoms with Crippen LogP contribution in [0.1, 0.15) is 16.8 Å². The number of benzene rings is 2. The van der Waals surface area contributed by atoms with Gasteiger partial charge in [-0.05, 0) is 36.2 Å². The molecule has 0 saturated carbocycles. The van der Waals surface area contributed by atoms with Crippen LogP contribution in [-0.2, 0) is 4.79 Å². The first kappa shape index (κ1) is 17.9. The van der Waals surface area contributed by atoms with Crippen LogP contribution in [0.25, 0.3) is 0 Å². The zero-order chi connectivity index (χ0) is 18.4. The SMILES string of the molecule is O=C(O)CC1CNCCN(C(=O)c2cccc(Oc3ccccc3)c2)C1. The first-order valence-electron chi connectivity index (χ1n) is 8.66. The maximum absolute atomic E-state index is 12.9. The number of nitrogens with one attached hydrogen (secondary N) is 1. The summed E-state index contributed by atoms with van der Waals surface area (Å²) in [7, 11) is 0. The highest BCUT2D eigenvalue weighted by Crippen LogP contribution is 2.23. The lowest BCUT2D eigenvalue weighted by molar-refractivity contribution is -0.138. The average Bonchev–Trinajstić information content (AvgIpc) is 2.87. The van der Waals surface area contributed by atoms with Crippen molar-refractivity contribution in [3.8, 4) is 11.5 Å². The van der Waals surface area contributed by atoms with Gasteiger partial charge in [-0.15, -0.1) is 0 Å². The lowest BCUT2D eigenvalue weighted by atomic mass is 10.0. The third-order valence-electron chi connectivity index (χ3n) is 4.28. The molecule has 0 bridgehead atoms. The second kappa shape index (κ2) is 8.49. The van der Waals surface area contributed by atoms with Crippen LogP contribution in [-0.4, -0.2) is 48.1 Å². The van der Waals surface area contributed by atoms with Gasteiger partial charge in [-0.2, -0.15) is 0 Å². The Kier molecular flexibility index (Phi) is 5.86. The molecule has 2 aromatic carbocycles. The fraction of sp³-hybridized carbons (Fsp3) is 0.300. The van der Waals surface area contributed by atoms with E-state index in [2.05, 4.69) is 5.32 Å². The van der Waals surface area contributed by atoms with Gasteiger partial charge in [0.15, 0.2) is 0 Å². The minimum atomic E-state index is -0.843. The molecule has 6 nitrogen and oxygen atoms in total. The van der Waals surface area contributed by atoms with Crippen molar-refractivity contribution in [2.24, 2.45) is 5.92 Å². The molecule has 2 N–H and O–H groups in total. The van der Waals surface area contributed by atoms with Crippen molar-refractivity contribution in [2.45, 2.75) is 6.42 Å². The smallest absolute Gasteiger partial charge is 0.303 e. The summed E-state index contributed by atoms with van der Waals surface area (Å²) in [6, 6.07) is 16.5. The number of rotatable bonds is 5. The molecule has 3 rings (SSSR count). The standard InChI is InChI=1S/C20H22N2O4/c23-19(24)11-15-13-21-9-10-22(14-15)20(25)16-5-4-8-18(12-16)26-17-6-2-1-3-7-17/h1-8,12,15,21H,9-11,13-14H2,(H,23,24). The van der Waals surface area contributed by atoms with Gasteiger partial charge >= 0.3 is 5.97 Å². The Morgan fingerprint density at radius 1 is 1.12 bits per heavy atom. The van der Waals surface area contributed by atoms with Crippen molar-refractivity contribution in [1.29, 1.82) is 0 Å². The molecule has 0 spiro atoms. The summed E-state index contributed by atoms with van der Waals surface area (Å²) < 4.78 is 5.79. The Morgan fingerprint density at radius 3 is 2.65 bits per heavy atom. The van der Waals surface area contributed by atoms with Gasteiger partial charge in [-0.1, -0.05) is 24.3 Å². The van der Waals surface area contributed by atoms with E-state index in [1.807, 2.05) is 30.3 Å². The lowest BCUT2D eigenvalue weighted by Crippen LogP contribution is -2.36. The number of carboxylic acids is 1. The second-order valence-electron chi connectivity index (χ2n) is 6.36. The molecule has 136 valence electrons. The predicted octanol–water partition coefficient (Wildman–Crippen LogP) is 2.62. The van der Waals surface area contributed by atoms with Gasteiger partial charge in [0.2, 0.25) is 0 Å². The van der Waals surface area contributed by atoms with E-state index in [0.29, 0.717) is 43.2 Å². The molecule has 0 aliphatic carbocycles. The first-order chi connectivity index (χ1) is 12.6. The molecule has 0 aromatic heterocycles. The number of hydrogen-bond donors (Lipinski definition) is 2. The summed E-state index contributed by atoms with van der Waals surface area (Å²) in [6.45, 7) is 2.25. The van der Waals surface area contributed by atoms with Gasteiger partial charge in [0, 0.05) is 31.7 Å². The molecular formula is C20H22N2O4. The van der Waals surface area contributed by atoms with Gasteiger partial charge in [0.05, 0.1) is 6.42 Å². The van der Waals surface area contributed by atoms with Crippen molar-refractivity contribution < 1.29 is 19.4 Å². The normalized spacial score (nSPS) is 17.4. The highest BCUT2D eigenvalue weighted by molar-refractivity contribution is 5.94. The Morgan fingerprint density at radius 2 is 1.88 bits per heavy atom. The molecule has 1 unspecified atom stereocenters. The highest BCUT2D eigenvalue weighted by Gasteiger charge is 2.24. The van der Waals surface area contributed by atoms with E-state index in [4.69, 9.17) is 9.84 Å². The van der Waals surface area contributed by atoms with E-state index < -0.39 is 5.97 Å². The number of ether oxygens (including phenoxy) is 1. The molecule has 0 radical (unpaired) electrons. The maximum atomic E-state index is 12.9. The molecule has 1 atom stereocenters. The van der Waals surface area contributed by atoms with E-state index in [1.165, 1.54) is 0 Å². The molecule has 2 aromatic rings. The van der Waals surface area contributed by atoms with Crippen molar-refractivity contribution in [2.75, 3.05) is 26.2 Å². The number of carboxylic acid groups (broad SMARTS) is 1. The molecule has 1 amide bonds. The van der Waals surface area contributed by atoms with Crippen molar-refractivity contribution in [3.63, 3.8) is 0 Å². The van der Waals surface area contributed by atoms with Crippen molar-refractivity contribution in [3.05, 3.63) is 60.2 Å². The number of amides is 1. The largest absolute Gasteiger partial charge is 0.481 e. The number of aliphatic carboxylic acids is 1. The fourth-order valence-electron chi connectivity index (χ4n) is 3.06. The van der Waals surface area contributed by atoms with Crippen LogP contribution in [0, 0.1) is 5.92 Å². The molecule has 6 heteroatoms. The monoisotopic (exact) mass is 354 g/mol. The molecule has 1 saturated heterocycles. The fourth-order valence-corrected chi connectivity index (χ4v) is 3.06. The van der Waals surface area contributed by atoms with E-state index in [9.17, 15) is 9.59 Å². The number of carbonyl (C=O) groups excluding carboxylic acids is 1. The Bertz CT molecular complexity index is 763. The van der Waals surface area contributed by atoms with Crippen LogP contribution in [0.3, 0.4) is 0 Å². The summed E-state index contributed by atoms with van der Waals surface area (Å²) in [5.74, 6) is 0.254. The van der Waals surface area contributed by atoms with Crippen molar-refractivity contribution >= 4 is 11.9 Å². The molecule has 26 heavy (non-hydrogen) atoms. The summed E-state index contributed by atoms with van der Waals surface area (Å²) >= 11 is 0. The minimum Gasteiger partial charge on any atom is -0.481 e. The second-order valence-corrected chi connectivity index (χ2v) is 6.36. The summed E-state index contributed by atoms with van der Waals surface area (Å²) in [6.07, 6.45) is 0.0495. The zero-order valence-corrected chi connectivity index (χ0v) is 14.4. The number of carbonyl (C=O) groups is 2. The summed E-state index contributed by atoms with van der Waals surface area (Å²) in [4.78, 5) is 25.6. The quantitative estimate of drug-likeness (QED) is 0.863. The lowest BCUT2D eigenvalue weighted by Gasteiger charge is -2.23. The van der Waals surface area contributed by atoms with E-state index >= 15 is 0 Å². The molecule has 1 heterocycles. The molecular weight excluding hydrogens is 332 g/mol. The van der Waals surface area contributed by atoms with Crippen LogP contribution in [0.5, 0.6) is 11.5 Å². The summed E-state index contributed by atoms with van der Waals surface area (Å²) in [5, 5.41) is 12.2. The van der Waals surface area contributed by atoms with Crippen LogP contribution in [0.2, 0.25) is 0 Å². The Labute approximate surface area is 152 Å². The Hall–Kier alpha value is -2.86.